The number of carbonyl (C=O) groups is 3. The van der Waals surface area contributed by atoms with Crippen molar-refractivity contribution in [1.82, 2.24) is 15.1 Å². The number of nitrogens with one attached hydrogen (secondary N) is 1. The summed E-state index contributed by atoms with van der Waals surface area (Å²) in [6.45, 7) is 7.68. The molecule has 3 rings (SSSR count). The SMILES string of the molecule is CCC(C)NC(=O)CN1CCN(C(=O)CCC(=O)N2CCSc3ccccc32)CC1. The van der Waals surface area contributed by atoms with E-state index in [2.05, 4.69) is 10.2 Å². The number of hydrogen-bond donors (Lipinski definition) is 1. The average molecular weight is 433 g/mol. The Morgan fingerprint density at radius 1 is 1.03 bits per heavy atom. The number of benzene rings is 1. The average Bonchev–Trinajstić information content (AvgIpc) is 2.77. The van der Waals surface area contributed by atoms with Gasteiger partial charge in [-0.15, -0.1) is 11.8 Å². The van der Waals surface area contributed by atoms with Gasteiger partial charge in [-0.2, -0.15) is 0 Å². The number of fused-ring (bicyclic) bond motifs is 1. The van der Waals surface area contributed by atoms with E-state index in [1.165, 1.54) is 0 Å². The van der Waals surface area contributed by atoms with Crippen LogP contribution in [0.15, 0.2) is 29.2 Å². The van der Waals surface area contributed by atoms with Crippen molar-refractivity contribution < 1.29 is 14.4 Å². The van der Waals surface area contributed by atoms with Crippen LogP contribution in [0.4, 0.5) is 5.69 Å². The van der Waals surface area contributed by atoms with Crippen LogP contribution in [0.1, 0.15) is 33.1 Å². The lowest BCUT2D eigenvalue weighted by atomic mass is 10.2. The number of para-hydroxylation sites is 1. The monoisotopic (exact) mass is 432 g/mol. The molecule has 1 aromatic rings. The molecule has 0 radical (unpaired) electrons. The molecule has 1 N–H and O–H groups in total. The van der Waals surface area contributed by atoms with E-state index in [0.29, 0.717) is 39.3 Å². The summed E-state index contributed by atoms with van der Waals surface area (Å²) in [5, 5.41) is 2.98. The second kappa shape index (κ2) is 10.8. The first-order valence-corrected chi connectivity index (χ1v) is 11.8. The number of hydrogen-bond acceptors (Lipinski definition) is 5. The maximum atomic E-state index is 12.7. The summed E-state index contributed by atoms with van der Waals surface area (Å²) >= 11 is 1.76. The van der Waals surface area contributed by atoms with Crippen molar-refractivity contribution in [3.63, 3.8) is 0 Å². The molecule has 2 aliphatic rings. The molecule has 1 saturated heterocycles. The number of rotatable bonds is 7. The number of nitrogens with zero attached hydrogens (tertiary/aromatic N) is 3. The molecule has 8 heteroatoms. The molecule has 1 unspecified atom stereocenters. The summed E-state index contributed by atoms with van der Waals surface area (Å²) in [6.07, 6.45) is 1.38. The minimum Gasteiger partial charge on any atom is -0.353 e. The van der Waals surface area contributed by atoms with E-state index >= 15 is 0 Å². The van der Waals surface area contributed by atoms with Crippen molar-refractivity contribution in [3.8, 4) is 0 Å². The van der Waals surface area contributed by atoms with Crippen molar-refractivity contribution in [2.75, 3.05) is 49.9 Å². The summed E-state index contributed by atoms with van der Waals surface area (Å²) in [5.41, 5.74) is 0.954. The third kappa shape index (κ3) is 5.98. The van der Waals surface area contributed by atoms with Gasteiger partial charge in [-0.25, -0.2) is 0 Å². The van der Waals surface area contributed by atoms with Gasteiger partial charge >= 0.3 is 0 Å². The van der Waals surface area contributed by atoms with Gasteiger partial charge in [0, 0.05) is 62.3 Å². The topological polar surface area (TPSA) is 73.0 Å². The van der Waals surface area contributed by atoms with Gasteiger partial charge < -0.3 is 15.1 Å². The van der Waals surface area contributed by atoms with Gasteiger partial charge in [0.25, 0.3) is 0 Å². The van der Waals surface area contributed by atoms with Crippen LogP contribution < -0.4 is 10.2 Å². The Morgan fingerprint density at radius 2 is 1.73 bits per heavy atom. The van der Waals surface area contributed by atoms with Crippen LogP contribution in [-0.4, -0.2) is 78.6 Å². The number of piperazine rings is 1. The van der Waals surface area contributed by atoms with Gasteiger partial charge in [-0.1, -0.05) is 19.1 Å². The second-order valence-electron chi connectivity index (χ2n) is 7.90. The highest BCUT2D eigenvalue weighted by Gasteiger charge is 2.26. The van der Waals surface area contributed by atoms with Crippen molar-refractivity contribution in [3.05, 3.63) is 24.3 Å². The molecule has 7 nitrogen and oxygen atoms in total. The van der Waals surface area contributed by atoms with Gasteiger partial charge in [0.05, 0.1) is 12.2 Å². The zero-order valence-corrected chi connectivity index (χ0v) is 18.7. The van der Waals surface area contributed by atoms with Crippen LogP contribution in [-0.2, 0) is 14.4 Å². The van der Waals surface area contributed by atoms with E-state index in [1.807, 2.05) is 47.9 Å². The van der Waals surface area contributed by atoms with Crippen LogP contribution >= 0.6 is 11.8 Å². The van der Waals surface area contributed by atoms with Crippen LogP contribution in [0.3, 0.4) is 0 Å². The van der Waals surface area contributed by atoms with Gasteiger partial charge in [-0.05, 0) is 25.5 Å². The van der Waals surface area contributed by atoms with E-state index < -0.39 is 0 Å². The van der Waals surface area contributed by atoms with E-state index in [1.54, 1.807) is 11.8 Å². The highest BCUT2D eigenvalue weighted by molar-refractivity contribution is 7.99. The molecule has 3 amide bonds. The minimum absolute atomic E-state index is 0.0106. The van der Waals surface area contributed by atoms with Gasteiger partial charge in [0.2, 0.25) is 17.7 Å². The fraction of sp³-hybridized carbons (Fsp3) is 0.591. The number of carbonyl (C=O) groups excluding carboxylic acids is 3. The molecule has 1 fully saturated rings. The highest BCUT2D eigenvalue weighted by atomic mass is 32.2. The molecular formula is C22H32N4O3S. The summed E-state index contributed by atoms with van der Waals surface area (Å²) in [6, 6.07) is 8.12. The zero-order valence-electron chi connectivity index (χ0n) is 17.9. The lowest BCUT2D eigenvalue weighted by Gasteiger charge is -2.34. The summed E-state index contributed by atoms with van der Waals surface area (Å²) in [4.78, 5) is 44.2. The third-order valence-electron chi connectivity index (χ3n) is 5.69. The molecule has 1 aromatic carbocycles. The maximum Gasteiger partial charge on any atom is 0.234 e. The molecular weight excluding hydrogens is 400 g/mol. The smallest absolute Gasteiger partial charge is 0.234 e. The van der Waals surface area contributed by atoms with Crippen molar-refractivity contribution in [1.29, 1.82) is 0 Å². The number of thioether (sulfide) groups is 1. The molecule has 0 spiro atoms. The highest BCUT2D eigenvalue weighted by Crippen LogP contribution is 2.34. The van der Waals surface area contributed by atoms with Crippen LogP contribution in [0.25, 0.3) is 0 Å². The molecule has 2 aliphatic heterocycles. The quantitative estimate of drug-likeness (QED) is 0.713. The van der Waals surface area contributed by atoms with Crippen LogP contribution in [0, 0.1) is 0 Å². The Kier molecular flexibility index (Phi) is 8.16. The van der Waals surface area contributed by atoms with Crippen molar-refractivity contribution in [2.24, 2.45) is 0 Å². The fourth-order valence-corrected chi connectivity index (χ4v) is 4.71. The predicted molar refractivity (Wildman–Crippen MR) is 120 cm³/mol. The normalized spacial score (nSPS) is 17.9. The lowest BCUT2D eigenvalue weighted by Crippen LogP contribution is -2.51. The number of amides is 3. The molecule has 0 saturated carbocycles. The Hall–Kier alpha value is -2.06. The maximum absolute atomic E-state index is 12.7. The Morgan fingerprint density at radius 3 is 2.47 bits per heavy atom. The summed E-state index contributed by atoms with van der Waals surface area (Å²) in [5.74, 6) is 0.946. The molecule has 164 valence electrons. The summed E-state index contributed by atoms with van der Waals surface area (Å²) in [7, 11) is 0. The Labute approximate surface area is 183 Å². The Balaban J connectivity index is 1.41. The standard InChI is InChI=1S/C22H32N4O3S/c1-3-17(2)23-20(27)16-24-10-12-25(13-11-24)21(28)8-9-22(29)26-14-15-30-19-7-5-4-6-18(19)26/h4-7,17H,3,8-16H2,1-2H3,(H,23,27). The lowest BCUT2D eigenvalue weighted by molar-refractivity contribution is -0.135. The predicted octanol–water partition coefficient (Wildman–Crippen LogP) is 1.96. The molecule has 30 heavy (non-hydrogen) atoms. The molecule has 0 bridgehead atoms. The zero-order chi connectivity index (χ0) is 21.5. The van der Waals surface area contributed by atoms with E-state index in [9.17, 15) is 14.4 Å². The third-order valence-corrected chi connectivity index (χ3v) is 6.74. The van der Waals surface area contributed by atoms with E-state index in [0.717, 1.165) is 22.8 Å². The van der Waals surface area contributed by atoms with Crippen LogP contribution in [0.2, 0.25) is 0 Å². The first kappa shape index (κ1) is 22.6. The van der Waals surface area contributed by atoms with Crippen molar-refractivity contribution in [2.45, 2.75) is 44.0 Å². The number of anilines is 1. The van der Waals surface area contributed by atoms with Gasteiger partial charge in [-0.3, -0.25) is 19.3 Å². The van der Waals surface area contributed by atoms with Crippen molar-refractivity contribution >= 4 is 35.2 Å². The first-order valence-electron chi connectivity index (χ1n) is 10.8. The molecule has 0 aromatic heterocycles. The van der Waals surface area contributed by atoms with Crippen LogP contribution in [0.5, 0.6) is 0 Å². The molecule has 1 atom stereocenters. The largest absolute Gasteiger partial charge is 0.353 e. The van der Waals surface area contributed by atoms with E-state index in [-0.39, 0.29) is 36.6 Å². The van der Waals surface area contributed by atoms with Gasteiger partial charge in [0.15, 0.2) is 0 Å². The fourth-order valence-electron chi connectivity index (χ4n) is 3.72. The first-order chi connectivity index (χ1) is 14.5. The minimum atomic E-state index is 0.0106. The van der Waals surface area contributed by atoms with E-state index in [4.69, 9.17) is 0 Å². The second-order valence-corrected chi connectivity index (χ2v) is 9.03. The Bertz CT molecular complexity index is 765. The van der Waals surface area contributed by atoms with Gasteiger partial charge in [0.1, 0.15) is 0 Å². The molecule has 2 heterocycles. The molecule has 0 aliphatic carbocycles. The summed E-state index contributed by atoms with van der Waals surface area (Å²) < 4.78 is 0.